The minimum Gasteiger partial charge on any atom is -0.497 e. The predicted molar refractivity (Wildman–Crippen MR) is 101 cm³/mol. The van der Waals surface area contributed by atoms with Gasteiger partial charge in [-0.05, 0) is 49.7 Å². The van der Waals surface area contributed by atoms with Crippen molar-refractivity contribution in [1.82, 2.24) is 15.6 Å². The second-order valence-electron chi connectivity index (χ2n) is 5.90. The summed E-state index contributed by atoms with van der Waals surface area (Å²) in [5, 5.41) is 11.1. The number of ether oxygens (including phenoxy) is 1. The highest BCUT2D eigenvalue weighted by Gasteiger charge is 2.10. The van der Waals surface area contributed by atoms with Crippen LogP contribution in [-0.2, 0) is 0 Å². The van der Waals surface area contributed by atoms with Gasteiger partial charge in [0.25, 0.3) is 5.91 Å². The van der Waals surface area contributed by atoms with Crippen LogP contribution >= 0.6 is 0 Å². The number of rotatable bonds is 5. The van der Waals surface area contributed by atoms with Crippen molar-refractivity contribution in [2.24, 2.45) is 5.10 Å². The van der Waals surface area contributed by atoms with Gasteiger partial charge in [-0.25, -0.2) is 5.43 Å². The summed E-state index contributed by atoms with van der Waals surface area (Å²) in [7, 11) is 1.62. The lowest BCUT2D eigenvalue weighted by Gasteiger charge is -2.03. The van der Waals surface area contributed by atoms with Crippen molar-refractivity contribution < 1.29 is 9.53 Å². The van der Waals surface area contributed by atoms with Gasteiger partial charge in [-0.2, -0.15) is 10.2 Å². The molecule has 0 aliphatic carbocycles. The molecule has 3 rings (SSSR count). The third-order valence-corrected chi connectivity index (χ3v) is 4.00. The van der Waals surface area contributed by atoms with E-state index in [1.54, 1.807) is 13.2 Å². The van der Waals surface area contributed by atoms with Crippen LogP contribution in [0.1, 0.15) is 28.5 Å². The largest absolute Gasteiger partial charge is 0.497 e. The first kappa shape index (κ1) is 17.4. The molecule has 1 aromatic heterocycles. The predicted octanol–water partition coefficient (Wildman–Crippen LogP) is 3.55. The van der Waals surface area contributed by atoms with E-state index in [1.807, 2.05) is 62.4 Å². The summed E-state index contributed by atoms with van der Waals surface area (Å²) in [5.74, 6) is 0.426. The minimum atomic E-state index is -0.344. The molecule has 0 aliphatic heterocycles. The van der Waals surface area contributed by atoms with Gasteiger partial charge in [0.2, 0.25) is 0 Å². The van der Waals surface area contributed by atoms with Crippen LogP contribution in [0.2, 0.25) is 0 Å². The van der Waals surface area contributed by atoms with E-state index < -0.39 is 0 Å². The van der Waals surface area contributed by atoms with Gasteiger partial charge in [0.1, 0.15) is 11.4 Å². The Kier molecular flexibility index (Phi) is 5.12. The van der Waals surface area contributed by atoms with Gasteiger partial charge < -0.3 is 4.74 Å². The molecule has 132 valence electrons. The monoisotopic (exact) mass is 348 g/mol. The number of hydrazone groups is 1. The number of benzene rings is 2. The fraction of sp³-hybridized carbons (Fsp3) is 0.150. The maximum atomic E-state index is 12.3. The number of carbonyl (C=O) groups is 1. The molecular formula is C20H20N4O2. The number of methoxy groups -OCH3 is 1. The summed E-state index contributed by atoms with van der Waals surface area (Å²) in [6.45, 7) is 3.85. The lowest BCUT2D eigenvalue weighted by atomic mass is 10.1. The van der Waals surface area contributed by atoms with Crippen LogP contribution in [-0.4, -0.2) is 28.9 Å². The van der Waals surface area contributed by atoms with Crippen molar-refractivity contribution >= 4 is 11.6 Å². The Morgan fingerprint density at radius 1 is 1.12 bits per heavy atom. The van der Waals surface area contributed by atoms with Crippen molar-refractivity contribution in [3.63, 3.8) is 0 Å². The van der Waals surface area contributed by atoms with Gasteiger partial charge in [0, 0.05) is 5.56 Å². The minimum absolute atomic E-state index is 0.344. The normalized spacial score (nSPS) is 11.3. The van der Waals surface area contributed by atoms with E-state index in [9.17, 15) is 4.79 Å². The number of aromatic amines is 1. The van der Waals surface area contributed by atoms with Crippen LogP contribution < -0.4 is 10.2 Å². The molecule has 2 aromatic carbocycles. The zero-order valence-electron chi connectivity index (χ0n) is 14.9. The van der Waals surface area contributed by atoms with Crippen molar-refractivity contribution in [2.75, 3.05) is 7.11 Å². The van der Waals surface area contributed by atoms with Crippen LogP contribution in [0.3, 0.4) is 0 Å². The van der Waals surface area contributed by atoms with Gasteiger partial charge in [-0.1, -0.05) is 29.8 Å². The van der Waals surface area contributed by atoms with Crippen LogP contribution in [0.4, 0.5) is 0 Å². The van der Waals surface area contributed by atoms with E-state index in [2.05, 4.69) is 20.7 Å². The Morgan fingerprint density at radius 2 is 1.81 bits per heavy atom. The number of hydrogen-bond acceptors (Lipinski definition) is 4. The Balaban J connectivity index is 1.68. The molecule has 0 bridgehead atoms. The summed E-state index contributed by atoms with van der Waals surface area (Å²) >= 11 is 0. The smallest absolute Gasteiger partial charge is 0.289 e. The number of amides is 1. The maximum absolute atomic E-state index is 12.3. The molecule has 3 aromatic rings. The fourth-order valence-corrected chi connectivity index (χ4v) is 2.40. The Morgan fingerprint density at radius 3 is 2.46 bits per heavy atom. The second kappa shape index (κ2) is 7.65. The van der Waals surface area contributed by atoms with Gasteiger partial charge in [-0.15, -0.1) is 0 Å². The molecule has 0 spiro atoms. The SMILES string of the molecule is COc1ccc(/C(C)=N/NC(=O)c2cc(-c3ccc(C)cc3)n[nH]2)cc1. The van der Waals surface area contributed by atoms with Gasteiger partial charge in [0.05, 0.1) is 18.5 Å². The first-order valence-electron chi connectivity index (χ1n) is 8.18. The Labute approximate surface area is 151 Å². The van der Waals surface area contributed by atoms with Gasteiger partial charge in [-0.3, -0.25) is 9.89 Å². The average molecular weight is 348 g/mol. The Hall–Kier alpha value is -3.41. The van der Waals surface area contributed by atoms with E-state index in [0.717, 1.165) is 16.9 Å². The molecule has 0 saturated heterocycles. The molecule has 0 aliphatic rings. The molecular weight excluding hydrogens is 328 g/mol. The zero-order valence-corrected chi connectivity index (χ0v) is 14.9. The zero-order chi connectivity index (χ0) is 18.5. The summed E-state index contributed by atoms with van der Waals surface area (Å²) in [6.07, 6.45) is 0. The molecule has 2 N–H and O–H groups in total. The van der Waals surface area contributed by atoms with Gasteiger partial charge >= 0.3 is 0 Å². The Bertz CT molecular complexity index is 925. The summed E-state index contributed by atoms with van der Waals surface area (Å²) in [4.78, 5) is 12.3. The molecule has 0 fully saturated rings. The molecule has 26 heavy (non-hydrogen) atoms. The van der Waals surface area contributed by atoms with Crippen LogP contribution in [0.25, 0.3) is 11.3 Å². The number of H-pyrrole nitrogens is 1. The topological polar surface area (TPSA) is 79.4 Å². The van der Waals surface area contributed by atoms with E-state index in [1.165, 1.54) is 5.56 Å². The van der Waals surface area contributed by atoms with Crippen molar-refractivity contribution in [2.45, 2.75) is 13.8 Å². The van der Waals surface area contributed by atoms with Crippen molar-refractivity contribution in [3.05, 3.63) is 71.4 Å². The first-order valence-corrected chi connectivity index (χ1v) is 8.18. The highest BCUT2D eigenvalue weighted by Crippen LogP contribution is 2.18. The van der Waals surface area contributed by atoms with E-state index in [4.69, 9.17) is 4.74 Å². The van der Waals surface area contributed by atoms with Crippen LogP contribution in [0, 0.1) is 6.92 Å². The number of nitrogens with zero attached hydrogens (tertiary/aromatic N) is 2. The molecule has 1 amide bonds. The van der Waals surface area contributed by atoms with Gasteiger partial charge in [0.15, 0.2) is 0 Å². The second-order valence-corrected chi connectivity index (χ2v) is 5.90. The third kappa shape index (κ3) is 3.97. The number of hydrogen-bond donors (Lipinski definition) is 2. The number of carbonyl (C=O) groups excluding carboxylic acids is 1. The highest BCUT2D eigenvalue weighted by molar-refractivity contribution is 6.00. The van der Waals surface area contributed by atoms with E-state index in [0.29, 0.717) is 17.1 Å². The van der Waals surface area contributed by atoms with Crippen molar-refractivity contribution in [1.29, 1.82) is 0 Å². The third-order valence-electron chi connectivity index (χ3n) is 4.00. The van der Waals surface area contributed by atoms with Crippen LogP contribution in [0.15, 0.2) is 59.7 Å². The summed E-state index contributed by atoms with van der Waals surface area (Å²) < 4.78 is 5.13. The summed E-state index contributed by atoms with van der Waals surface area (Å²) in [6, 6.07) is 17.1. The molecule has 1 heterocycles. The lowest BCUT2D eigenvalue weighted by Crippen LogP contribution is -2.19. The standard InChI is InChI=1S/C20H20N4O2/c1-13-4-6-16(7-5-13)18-12-19(23-22-18)20(25)24-21-14(2)15-8-10-17(26-3)11-9-15/h4-12H,1-3H3,(H,22,23)(H,24,25)/b21-14+. The molecule has 0 unspecified atom stereocenters. The number of nitrogens with one attached hydrogen (secondary N) is 2. The fourth-order valence-electron chi connectivity index (χ4n) is 2.40. The number of aryl methyl sites for hydroxylation is 1. The van der Waals surface area contributed by atoms with Crippen molar-refractivity contribution in [3.8, 4) is 17.0 Å². The van der Waals surface area contributed by atoms with E-state index in [-0.39, 0.29) is 5.91 Å². The van der Waals surface area contributed by atoms with Crippen LogP contribution in [0.5, 0.6) is 5.75 Å². The maximum Gasteiger partial charge on any atom is 0.289 e. The lowest BCUT2D eigenvalue weighted by molar-refractivity contribution is 0.0950. The highest BCUT2D eigenvalue weighted by atomic mass is 16.5. The molecule has 6 nitrogen and oxygen atoms in total. The molecule has 0 radical (unpaired) electrons. The van der Waals surface area contributed by atoms with E-state index >= 15 is 0 Å². The first-order chi connectivity index (χ1) is 12.6. The average Bonchev–Trinajstić information content (AvgIpc) is 3.16. The molecule has 0 saturated carbocycles. The molecule has 0 atom stereocenters. The summed E-state index contributed by atoms with van der Waals surface area (Å²) in [5.41, 5.74) is 7.33. The number of aromatic nitrogens is 2. The molecule has 6 heteroatoms. The quantitative estimate of drug-likeness (QED) is 0.547.